The molecule has 0 aromatic rings. The minimum atomic E-state index is -0.588. The molecule has 6 heteroatoms. The van der Waals surface area contributed by atoms with Crippen LogP contribution in [0, 0.1) is 5.92 Å². The number of hydrogen-bond acceptors (Lipinski definition) is 5. The van der Waals surface area contributed by atoms with Crippen molar-refractivity contribution in [2.75, 3.05) is 13.7 Å². The van der Waals surface area contributed by atoms with Gasteiger partial charge in [-0.05, 0) is 19.3 Å². The molecule has 0 bridgehead atoms. The number of amides is 1. The standard InChI is InChI=1S/C12H20N2O4/c1-18-12(17)10(13)4-2-3-5-14-11(16)8-6-9(15)7-8/h8,10H,2-7,13H2,1H3,(H,14,16). The zero-order valence-electron chi connectivity index (χ0n) is 10.6. The summed E-state index contributed by atoms with van der Waals surface area (Å²) in [5.41, 5.74) is 5.56. The average Bonchev–Trinajstić information content (AvgIpc) is 2.32. The molecule has 1 rings (SSSR count). The molecular weight excluding hydrogens is 236 g/mol. The van der Waals surface area contributed by atoms with Gasteiger partial charge in [0.25, 0.3) is 0 Å². The molecule has 0 saturated heterocycles. The van der Waals surface area contributed by atoms with Crippen molar-refractivity contribution in [3.8, 4) is 0 Å². The molecule has 1 unspecified atom stereocenters. The molecule has 1 fully saturated rings. The lowest BCUT2D eigenvalue weighted by atomic mass is 9.83. The molecule has 1 aliphatic rings. The molecule has 0 aromatic carbocycles. The van der Waals surface area contributed by atoms with E-state index in [1.807, 2.05) is 0 Å². The first-order valence-electron chi connectivity index (χ1n) is 6.17. The second-order valence-corrected chi connectivity index (χ2v) is 4.56. The van der Waals surface area contributed by atoms with Crippen LogP contribution >= 0.6 is 0 Å². The van der Waals surface area contributed by atoms with Crippen molar-refractivity contribution >= 4 is 17.7 Å². The summed E-state index contributed by atoms with van der Waals surface area (Å²) in [6, 6.07) is -0.588. The Hall–Kier alpha value is -1.43. The van der Waals surface area contributed by atoms with Crippen LogP contribution in [-0.2, 0) is 19.1 Å². The van der Waals surface area contributed by atoms with E-state index in [9.17, 15) is 14.4 Å². The Bertz CT molecular complexity index is 322. The van der Waals surface area contributed by atoms with Gasteiger partial charge < -0.3 is 15.8 Å². The number of Topliss-reactive ketones (excluding diaryl/α,β-unsaturated/α-hetero) is 1. The molecule has 102 valence electrons. The van der Waals surface area contributed by atoms with Gasteiger partial charge in [-0.1, -0.05) is 0 Å². The number of carbonyl (C=O) groups is 3. The summed E-state index contributed by atoms with van der Waals surface area (Å²) in [4.78, 5) is 33.2. The van der Waals surface area contributed by atoms with Crippen molar-refractivity contribution < 1.29 is 19.1 Å². The highest BCUT2D eigenvalue weighted by Gasteiger charge is 2.32. The van der Waals surface area contributed by atoms with Crippen molar-refractivity contribution in [1.82, 2.24) is 5.32 Å². The number of carbonyl (C=O) groups excluding carboxylic acids is 3. The van der Waals surface area contributed by atoms with Crippen molar-refractivity contribution in [1.29, 1.82) is 0 Å². The highest BCUT2D eigenvalue weighted by molar-refractivity contribution is 5.96. The smallest absolute Gasteiger partial charge is 0.322 e. The number of hydrogen-bond donors (Lipinski definition) is 2. The monoisotopic (exact) mass is 256 g/mol. The van der Waals surface area contributed by atoms with Crippen LogP contribution in [0.4, 0.5) is 0 Å². The minimum absolute atomic E-state index is 0.0492. The van der Waals surface area contributed by atoms with Crippen molar-refractivity contribution in [2.24, 2.45) is 11.7 Å². The summed E-state index contributed by atoms with van der Waals surface area (Å²) in [6.45, 7) is 0.553. The number of rotatable bonds is 7. The maximum Gasteiger partial charge on any atom is 0.322 e. The Labute approximate surface area is 106 Å². The lowest BCUT2D eigenvalue weighted by Crippen LogP contribution is -2.39. The van der Waals surface area contributed by atoms with E-state index in [1.165, 1.54) is 7.11 Å². The Morgan fingerprint density at radius 2 is 2.11 bits per heavy atom. The van der Waals surface area contributed by atoms with Crippen LogP contribution in [0.2, 0.25) is 0 Å². The zero-order valence-corrected chi connectivity index (χ0v) is 10.6. The van der Waals surface area contributed by atoms with Gasteiger partial charge >= 0.3 is 5.97 Å². The largest absolute Gasteiger partial charge is 0.468 e. The summed E-state index contributed by atoms with van der Waals surface area (Å²) in [5, 5.41) is 2.77. The topological polar surface area (TPSA) is 98.5 Å². The Balaban J connectivity index is 2.00. The molecule has 0 spiro atoms. The Morgan fingerprint density at radius 1 is 1.44 bits per heavy atom. The lowest BCUT2D eigenvalue weighted by molar-refractivity contribution is -0.142. The first-order valence-corrected chi connectivity index (χ1v) is 6.17. The number of esters is 1. The predicted octanol–water partition coefficient (Wildman–Crippen LogP) is -0.248. The maximum absolute atomic E-state index is 11.5. The van der Waals surface area contributed by atoms with E-state index in [0.29, 0.717) is 25.8 Å². The molecular formula is C12H20N2O4. The first kappa shape index (κ1) is 14.6. The molecule has 0 radical (unpaired) electrons. The summed E-state index contributed by atoms with van der Waals surface area (Å²) >= 11 is 0. The molecule has 18 heavy (non-hydrogen) atoms. The molecule has 0 heterocycles. The van der Waals surface area contributed by atoms with Gasteiger partial charge in [0, 0.05) is 19.4 Å². The second kappa shape index (κ2) is 7.10. The van der Waals surface area contributed by atoms with Gasteiger partial charge in [-0.25, -0.2) is 0 Å². The molecule has 1 amide bonds. The molecule has 1 aliphatic carbocycles. The van der Waals surface area contributed by atoms with Gasteiger partial charge in [-0.3, -0.25) is 14.4 Å². The predicted molar refractivity (Wildman–Crippen MR) is 64.6 cm³/mol. The fraction of sp³-hybridized carbons (Fsp3) is 0.750. The lowest BCUT2D eigenvalue weighted by Gasteiger charge is -2.22. The highest BCUT2D eigenvalue weighted by atomic mass is 16.5. The fourth-order valence-electron chi connectivity index (χ4n) is 1.79. The van der Waals surface area contributed by atoms with E-state index < -0.39 is 12.0 Å². The molecule has 0 aliphatic heterocycles. The van der Waals surface area contributed by atoms with E-state index in [0.717, 1.165) is 12.8 Å². The molecule has 0 aromatic heterocycles. The van der Waals surface area contributed by atoms with E-state index in [4.69, 9.17) is 5.73 Å². The minimum Gasteiger partial charge on any atom is -0.468 e. The van der Waals surface area contributed by atoms with E-state index in [2.05, 4.69) is 10.1 Å². The highest BCUT2D eigenvalue weighted by Crippen LogP contribution is 2.22. The summed E-state index contributed by atoms with van der Waals surface area (Å²) < 4.78 is 4.51. The van der Waals surface area contributed by atoms with E-state index in [-0.39, 0.29) is 17.6 Å². The summed E-state index contributed by atoms with van der Waals surface area (Å²) in [5.74, 6) is -0.437. The van der Waals surface area contributed by atoms with Gasteiger partial charge in [-0.15, -0.1) is 0 Å². The third kappa shape index (κ3) is 4.44. The third-order valence-electron chi connectivity index (χ3n) is 3.06. The normalized spacial score (nSPS) is 16.9. The Morgan fingerprint density at radius 3 is 2.67 bits per heavy atom. The first-order chi connectivity index (χ1) is 8.54. The summed E-state index contributed by atoms with van der Waals surface area (Å²) in [7, 11) is 1.31. The average molecular weight is 256 g/mol. The molecule has 6 nitrogen and oxygen atoms in total. The molecule has 1 saturated carbocycles. The van der Waals surface area contributed by atoms with Crippen molar-refractivity contribution in [3.63, 3.8) is 0 Å². The third-order valence-corrected chi connectivity index (χ3v) is 3.06. The molecule has 1 atom stereocenters. The van der Waals surface area contributed by atoms with Gasteiger partial charge in [0.1, 0.15) is 11.8 Å². The number of ether oxygens (including phenoxy) is 1. The Kier molecular flexibility index (Phi) is 5.77. The SMILES string of the molecule is COC(=O)C(N)CCCCNC(=O)C1CC(=O)C1. The van der Waals surface area contributed by atoms with Crippen molar-refractivity contribution in [3.05, 3.63) is 0 Å². The van der Waals surface area contributed by atoms with Gasteiger partial charge in [0.15, 0.2) is 0 Å². The quantitative estimate of drug-likeness (QED) is 0.483. The van der Waals surface area contributed by atoms with Crippen LogP contribution in [0.25, 0.3) is 0 Å². The zero-order chi connectivity index (χ0) is 13.5. The van der Waals surface area contributed by atoms with Crippen LogP contribution in [0.3, 0.4) is 0 Å². The fourth-order valence-corrected chi connectivity index (χ4v) is 1.79. The summed E-state index contributed by atoms with van der Waals surface area (Å²) in [6.07, 6.45) is 2.81. The van der Waals surface area contributed by atoms with Gasteiger partial charge in [0.2, 0.25) is 5.91 Å². The van der Waals surface area contributed by atoms with Crippen LogP contribution in [0.5, 0.6) is 0 Å². The van der Waals surface area contributed by atoms with E-state index in [1.54, 1.807) is 0 Å². The van der Waals surface area contributed by atoms with Crippen LogP contribution in [-0.4, -0.2) is 37.4 Å². The number of ketones is 1. The second-order valence-electron chi connectivity index (χ2n) is 4.56. The van der Waals surface area contributed by atoms with Gasteiger partial charge in [0.05, 0.1) is 13.0 Å². The van der Waals surface area contributed by atoms with Gasteiger partial charge in [-0.2, -0.15) is 0 Å². The number of methoxy groups -OCH3 is 1. The van der Waals surface area contributed by atoms with Crippen molar-refractivity contribution in [2.45, 2.75) is 38.1 Å². The van der Waals surface area contributed by atoms with E-state index >= 15 is 0 Å². The number of nitrogens with one attached hydrogen (secondary N) is 1. The molecule has 3 N–H and O–H groups in total. The number of nitrogens with two attached hydrogens (primary N) is 1. The van der Waals surface area contributed by atoms with Crippen LogP contribution in [0.1, 0.15) is 32.1 Å². The number of unbranched alkanes of at least 4 members (excludes halogenated alkanes) is 1. The van der Waals surface area contributed by atoms with Crippen LogP contribution < -0.4 is 11.1 Å². The maximum atomic E-state index is 11.5. The van der Waals surface area contributed by atoms with Crippen LogP contribution in [0.15, 0.2) is 0 Å².